The Bertz CT molecular complexity index is 1210. The summed E-state index contributed by atoms with van der Waals surface area (Å²) in [6.07, 6.45) is 61.7. The van der Waals surface area contributed by atoms with Crippen LogP contribution in [0.1, 0.15) is 207 Å². The standard InChI is InChI=1S/C54H91NO5/c1-4-7-10-13-16-19-21-23-25-26-28-30-32-35-38-41-44-47-54(59)60-50(45-42-39-36-34-31-29-27-24-22-20-17-14-11-8-5-2)48-53(58)55-51(49-56)52(57)46-43-40-37-33-18-15-12-9-6-3/h7,10,13,16-17,19-21,23-28,30,32,50-52,56-57H,4-6,8-9,11-12,14-15,18,22,29,31,33-49H2,1-3H3,(H,55,58)/b10-7-,16-13+,20-17-,21-19+,25-23-,27-24-,28-26+,32-30+. The summed E-state index contributed by atoms with van der Waals surface area (Å²) < 4.78 is 5.90. The van der Waals surface area contributed by atoms with Crippen molar-refractivity contribution in [1.82, 2.24) is 5.32 Å². The van der Waals surface area contributed by atoms with Gasteiger partial charge in [0.25, 0.3) is 0 Å². The fraction of sp³-hybridized carbons (Fsp3) is 0.667. The molecular formula is C54H91NO5. The number of carbonyl (C=O) groups excluding carboxylic acids is 2. The average molecular weight is 834 g/mol. The fourth-order valence-corrected chi connectivity index (χ4v) is 6.84. The molecular weight excluding hydrogens is 743 g/mol. The van der Waals surface area contributed by atoms with Crippen LogP contribution in [0.25, 0.3) is 0 Å². The predicted octanol–water partition coefficient (Wildman–Crippen LogP) is 14.6. The van der Waals surface area contributed by atoms with Crippen LogP contribution in [-0.4, -0.2) is 46.9 Å². The highest BCUT2D eigenvalue weighted by Crippen LogP contribution is 2.17. The van der Waals surface area contributed by atoms with Crippen LogP contribution < -0.4 is 5.32 Å². The summed E-state index contributed by atoms with van der Waals surface area (Å²) in [5.74, 6) is -0.548. The Morgan fingerprint density at radius 2 is 0.967 bits per heavy atom. The molecule has 0 bridgehead atoms. The van der Waals surface area contributed by atoms with Gasteiger partial charge in [0.1, 0.15) is 6.10 Å². The zero-order valence-electron chi connectivity index (χ0n) is 38.8. The van der Waals surface area contributed by atoms with E-state index in [0.29, 0.717) is 19.3 Å². The zero-order chi connectivity index (χ0) is 43.8. The number of hydrogen-bond acceptors (Lipinski definition) is 5. The summed E-state index contributed by atoms with van der Waals surface area (Å²) in [6, 6.07) is -0.720. The molecule has 1 amide bonds. The van der Waals surface area contributed by atoms with E-state index in [9.17, 15) is 19.8 Å². The second kappa shape index (κ2) is 46.8. The minimum absolute atomic E-state index is 0.0440. The Hall–Kier alpha value is -3.22. The lowest BCUT2D eigenvalue weighted by Crippen LogP contribution is -2.46. The highest BCUT2D eigenvalue weighted by Gasteiger charge is 2.24. The Balaban J connectivity index is 4.74. The molecule has 3 atom stereocenters. The minimum atomic E-state index is -0.803. The second-order valence-corrected chi connectivity index (χ2v) is 16.3. The number of ether oxygens (including phenoxy) is 1. The Labute approximate surface area is 369 Å². The summed E-state index contributed by atoms with van der Waals surface area (Å²) in [5, 5.41) is 23.6. The molecule has 3 N–H and O–H groups in total. The van der Waals surface area contributed by atoms with E-state index in [4.69, 9.17) is 4.74 Å². The van der Waals surface area contributed by atoms with Crippen molar-refractivity contribution in [3.05, 3.63) is 97.2 Å². The van der Waals surface area contributed by atoms with Crippen LogP contribution >= 0.6 is 0 Å². The molecule has 0 aromatic carbocycles. The number of nitrogens with one attached hydrogen (secondary N) is 1. The van der Waals surface area contributed by atoms with Crippen LogP contribution in [0.5, 0.6) is 0 Å². The molecule has 0 radical (unpaired) electrons. The van der Waals surface area contributed by atoms with Crippen LogP contribution in [0.3, 0.4) is 0 Å². The van der Waals surface area contributed by atoms with E-state index < -0.39 is 18.2 Å². The van der Waals surface area contributed by atoms with Gasteiger partial charge in [-0.1, -0.05) is 214 Å². The molecule has 0 spiro atoms. The molecule has 342 valence electrons. The van der Waals surface area contributed by atoms with E-state index in [1.54, 1.807) is 0 Å². The lowest BCUT2D eigenvalue weighted by molar-refractivity contribution is -0.151. The van der Waals surface area contributed by atoms with Gasteiger partial charge >= 0.3 is 5.97 Å². The number of carbonyl (C=O) groups is 2. The van der Waals surface area contributed by atoms with E-state index in [2.05, 4.69) is 68.6 Å². The van der Waals surface area contributed by atoms with Gasteiger partial charge in [-0.2, -0.15) is 0 Å². The van der Waals surface area contributed by atoms with E-state index in [1.807, 2.05) is 54.7 Å². The highest BCUT2D eigenvalue weighted by molar-refractivity contribution is 5.77. The first kappa shape index (κ1) is 56.8. The lowest BCUT2D eigenvalue weighted by atomic mass is 10.0. The third-order valence-electron chi connectivity index (χ3n) is 10.6. The van der Waals surface area contributed by atoms with E-state index >= 15 is 0 Å². The topological polar surface area (TPSA) is 95.9 Å². The van der Waals surface area contributed by atoms with Crippen LogP contribution in [0, 0.1) is 0 Å². The number of aliphatic hydroxyl groups is 2. The van der Waals surface area contributed by atoms with Gasteiger partial charge in [-0.05, 0) is 77.0 Å². The molecule has 3 unspecified atom stereocenters. The van der Waals surface area contributed by atoms with E-state index in [-0.39, 0.29) is 24.9 Å². The molecule has 0 rings (SSSR count). The number of unbranched alkanes of at least 4 members (excludes halogenated alkanes) is 19. The van der Waals surface area contributed by atoms with Crippen molar-refractivity contribution < 1.29 is 24.5 Å². The first-order valence-corrected chi connectivity index (χ1v) is 24.5. The Kier molecular flexibility index (Phi) is 44.3. The molecule has 6 heteroatoms. The summed E-state index contributed by atoms with van der Waals surface area (Å²) in [7, 11) is 0. The summed E-state index contributed by atoms with van der Waals surface area (Å²) in [6.45, 7) is 6.26. The van der Waals surface area contributed by atoms with Crippen LogP contribution in [0.2, 0.25) is 0 Å². The number of amides is 1. The summed E-state index contributed by atoms with van der Waals surface area (Å²) in [5.41, 5.74) is 0. The molecule has 0 aliphatic heterocycles. The van der Waals surface area contributed by atoms with Crippen LogP contribution in [0.4, 0.5) is 0 Å². The number of allylic oxidation sites excluding steroid dienone is 16. The van der Waals surface area contributed by atoms with Crippen molar-refractivity contribution in [2.75, 3.05) is 6.61 Å². The van der Waals surface area contributed by atoms with E-state index in [1.165, 1.54) is 70.6 Å². The highest BCUT2D eigenvalue weighted by atomic mass is 16.5. The zero-order valence-corrected chi connectivity index (χ0v) is 38.8. The van der Waals surface area contributed by atoms with Crippen LogP contribution in [-0.2, 0) is 14.3 Å². The Morgan fingerprint density at radius 1 is 0.517 bits per heavy atom. The lowest BCUT2D eigenvalue weighted by Gasteiger charge is -2.24. The van der Waals surface area contributed by atoms with Crippen LogP contribution in [0.15, 0.2) is 97.2 Å². The van der Waals surface area contributed by atoms with Gasteiger partial charge in [-0.3, -0.25) is 9.59 Å². The average Bonchev–Trinajstić information content (AvgIpc) is 3.24. The quantitative estimate of drug-likeness (QED) is 0.0246. The van der Waals surface area contributed by atoms with Gasteiger partial charge in [0.05, 0.1) is 25.2 Å². The largest absolute Gasteiger partial charge is 0.462 e. The number of rotatable bonds is 42. The third kappa shape index (κ3) is 41.5. The van der Waals surface area contributed by atoms with Gasteiger partial charge < -0.3 is 20.3 Å². The molecule has 6 nitrogen and oxygen atoms in total. The van der Waals surface area contributed by atoms with Gasteiger partial charge in [-0.25, -0.2) is 0 Å². The van der Waals surface area contributed by atoms with Gasteiger partial charge in [-0.15, -0.1) is 0 Å². The van der Waals surface area contributed by atoms with Crippen molar-refractivity contribution in [1.29, 1.82) is 0 Å². The number of hydrogen-bond donors (Lipinski definition) is 3. The molecule has 0 saturated carbocycles. The maximum absolute atomic E-state index is 13.2. The minimum Gasteiger partial charge on any atom is -0.462 e. The molecule has 0 fully saturated rings. The van der Waals surface area contributed by atoms with Crippen molar-refractivity contribution in [3.8, 4) is 0 Å². The van der Waals surface area contributed by atoms with Gasteiger partial charge in [0, 0.05) is 6.42 Å². The first-order chi connectivity index (χ1) is 29.5. The second-order valence-electron chi connectivity index (χ2n) is 16.3. The molecule has 0 aromatic rings. The van der Waals surface area contributed by atoms with Crippen molar-refractivity contribution in [2.24, 2.45) is 0 Å². The maximum atomic E-state index is 13.2. The molecule has 0 heterocycles. The number of aliphatic hydroxyl groups excluding tert-OH is 2. The molecule has 0 aliphatic carbocycles. The Morgan fingerprint density at radius 3 is 1.53 bits per heavy atom. The van der Waals surface area contributed by atoms with Crippen molar-refractivity contribution >= 4 is 11.9 Å². The molecule has 0 aromatic heterocycles. The molecule has 60 heavy (non-hydrogen) atoms. The summed E-state index contributed by atoms with van der Waals surface area (Å²) >= 11 is 0. The summed E-state index contributed by atoms with van der Waals surface area (Å²) in [4.78, 5) is 26.1. The van der Waals surface area contributed by atoms with Gasteiger partial charge in [0.15, 0.2) is 0 Å². The third-order valence-corrected chi connectivity index (χ3v) is 10.6. The normalized spacial score (nSPS) is 14.2. The molecule has 0 saturated heterocycles. The van der Waals surface area contributed by atoms with Gasteiger partial charge in [0.2, 0.25) is 5.91 Å². The van der Waals surface area contributed by atoms with Crippen molar-refractivity contribution in [3.63, 3.8) is 0 Å². The van der Waals surface area contributed by atoms with E-state index in [0.717, 1.165) is 89.9 Å². The first-order valence-electron chi connectivity index (χ1n) is 24.5. The van der Waals surface area contributed by atoms with Crippen molar-refractivity contribution in [2.45, 2.75) is 225 Å². The predicted molar refractivity (Wildman–Crippen MR) is 259 cm³/mol. The molecule has 0 aliphatic rings. The monoisotopic (exact) mass is 834 g/mol. The fourth-order valence-electron chi connectivity index (χ4n) is 6.84. The SMILES string of the molecule is CC\C=C/C=C/C=C/C=C\C=C\C=C\CCCCCC(=O)OC(CCCCCCC/C=C\C/C=C\CCCCC)CC(=O)NC(CO)C(O)CCCCCCCCCCC. The smallest absolute Gasteiger partial charge is 0.306 e. The number of esters is 1. The maximum Gasteiger partial charge on any atom is 0.306 e.